The van der Waals surface area contributed by atoms with Gasteiger partial charge < -0.3 is 4.90 Å². The van der Waals surface area contributed by atoms with Crippen LogP contribution in [-0.2, 0) is 7.05 Å². The Morgan fingerprint density at radius 3 is 2.62 bits per heavy atom. The number of nitrogens with zero attached hydrogens (tertiary/aromatic N) is 5. The highest BCUT2D eigenvalue weighted by Gasteiger charge is 2.15. The highest BCUT2D eigenvalue weighted by Crippen LogP contribution is 2.30. The lowest BCUT2D eigenvalue weighted by Gasteiger charge is -2.14. The third-order valence-electron chi connectivity index (χ3n) is 3.51. The Hall–Kier alpha value is -3.09. The Kier molecular flexibility index (Phi) is 4.07. The average molecular weight is 325 g/mol. The van der Waals surface area contributed by atoms with Crippen LogP contribution >= 0.6 is 0 Å². The zero-order chi connectivity index (χ0) is 17.3. The van der Waals surface area contributed by atoms with E-state index in [1.54, 1.807) is 36.3 Å². The number of aryl methyl sites for hydroxylation is 1. The van der Waals surface area contributed by atoms with Gasteiger partial charge in [-0.05, 0) is 18.2 Å². The Labute approximate surface area is 138 Å². The Bertz CT molecular complexity index is 952. The van der Waals surface area contributed by atoms with Crippen molar-refractivity contribution in [3.8, 4) is 22.5 Å². The molecule has 0 saturated heterocycles. The van der Waals surface area contributed by atoms with Gasteiger partial charge in [0.2, 0.25) is 5.95 Å². The summed E-state index contributed by atoms with van der Waals surface area (Å²) in [6.07, 6.45) is 1.63. The second-order valence-electron chi connectivity index (χ2n) is 5.52. The number of benzene rings is 1. The first-order valence-corrected chi connectivity index (χ1v) is 7.31. The van der Waals surface area contributed by atoms with Gasteiger partial charge in [0.05, 0.1) is 11.4 Å². The van der Waals surface area contributed by atoms with E-state index < -0.39 is 0 Å². The van der Waals surface area contributed by atoms with E-state index in [2.05, 4.69) is 15.1 Å². The van der Waals surface area contributed by atoms with E-state index in [1.807, 2.05) is 14.1 Å². The van der Waals surface area contributed by atoms with Crippen molar-refractivity contribution in [2.45, 2.75) is 0 Å². The maximum Gasteiger partial charge on any atom is 0.266 e. The van der Waals surface area contributed by atoms with Gasteiger partial charge in [-0.15, -0.1) is 0 Å². The fourth-order valence-electron chi connectivity index (χ4n) is 2.28. The van der Waals surface area contributed by atoms with E-state index in [4.69, 9.17) is 0 Å². The molecule has 3 rings (SSSR count). The molecule has 0 N–H and O–H groups in total. The molecule has 0 aliphatic heterocycles. The second-order valence-corrected chi connectivity index (χ2v) is 5.52. The van der Waals surface area contributed by atoms with Crippen LogP contribution in [0.1, 0.15) is 0 Å². The molecule has 122 valence electrons. The van der Waals surface area contributed by atoms with Gasteiger partial charge in [0.25, 0.3) is 5.56 Å². The lowest BCUT2D eigenvalue weighted by Crippen LogP contribution is -2.18. The zero-order valence-corrected chi connectivity index (χ0v) is 13.6. The van der Waals surface area contributed by atoms with Crippen LogP contribution in [0.15, 0.2) is 47.4 Å². The Morgan fingerprint density at radius 2 is 1.96 bits per heavy atom. The highest BCUT2D eigenvalue weighted by atomic mass is 19.1. The van der Waals surface area contributed by atoms with Crippen molar-refractivity contribution in [2.75, 3.05) is 19.0 Å². The molecule has 0 fully saturated rings. The smallest absolute Gasteiger partial charge is 0.266 e. The molecule has 3 aromatic rings. The largest absolute Gasteiger partial charge is 0.347 e. The molecule has 0 aliphatic carbocycles. The van der Waals surface area contributed by atoms with Crippen LogP contribution in [0.2, 0.25) is 0 Å². The quantitative estimate of drug-likeness (QED) is 0.738. The Balaban J connectivity index is 2.25. The van der Waals surface area contributed by atoms with Gasteiger partial charge >= 0.3 is 0 Å². The lowest BCUT2D eigenvalue weighted by molar-refractivity contribution is 0.628. The summed E-state index contributed by atoms with van der Waals surface area (Å²) in [6.45, 7) is 0. The van der Waals surface area contributed by atoms with Crippen LogP contribution in [-0.4, -0.2) is 33.8 Å². The van der Waals surface area contributed by atoms with Crippen LogP contribution < -0.4 is 10.5 Å². The predicted molar refractivity (Wildman–Crippen MR) is 90.2 cm³/mol. The molecule has 1 aromatic carbocycles. The van der Waals surface area contributed by atoms with Crippen molar-refractivity contribution < 1.29 is 4.39 Å². The summed E-state index contributed by atoms with van der Waals surface area (Å²) < 4.78 is 14.9. The van der Waals surface area contributed by atoms with Crippen LogP contribution in [0.25, 0.3) is 22.5 Å². The first-order valence-electron chi connectivity index (χ1n) is 7.31. The van der Waals surface area contributed by atoms with E-state index in [-0.39, 0.29) is 11.4 Å². The zero-order valence-electron chi connectivity index (χ0n) is 13.6. The van der Waals surface area contributed by atoms with E-state index in [9.17, 15) is 9.18 Å². The molecule has 2 heterocycles. The van der Waals surface area contributed by atoms with Crippen molar-refractivity contribution >= 4 is 5.95 Å². The number of rotatable bonds is 3. The van der Waals surface area contributed by atoms with Gasteiger partial charge in [0.1, 0.15) is 5.82 Å². The summed E-state index contributed by atoms with van der Waals surface area (Å²) in [5, 5.41) is 4.24. The topological polar surface area (TPSA) is 63.9 Å². The summed E-state index contributed by atoms with van der Waals surface area (Å²) >= 11 is 0. The van der Waals surface area contributed by atoms with Crippen molar-refractivity contribution in [3.05, 3.63) is 58.8 Å². The van der Waals surface area contributed by atoms with Gasteiger partial charge in [0.15, 0.2) is 0 Å². The number of hydrogen-bond donors (Lipinski definition) is 0. The number of aromatic nitrogens is 4. The predicted octanol–water partition coefficient (Wildman–Crippen LogP) is 2.11. The first-order chi connectivity index (χ1) is 11.5. The van der Waals surface area contributed by atoms with Crippen molar-refractivity contribution in [1.29, 1.82) is 0 Å². The third-order valence-corrected chi connectivity index (χ3v) is 3.51. The molecule has 24 heavy (non-hydrogen) atoms. The molecule has 0 amide bonds. The fourth-order valence-corrected chi connectivity index (χ4v) is 2.28. The van der Waals surface area contributed by atoms with E-state index >= 15 is 0 Å². The number of anilines is 1. The van der Waals surface area contributed by atoms with Crippen molar-refractivity contribution in [1.82, 2.24) is 19.7 Å². The van der Waals surface area contributed by atoms with Crippen molar-refractivity contribution in [3.63, 3.8) is 0 Å². The highest BCUT2D eigenvalue weighted by molar-refractivity contribution is 5.78. The second kappa shape index (κ2) is 6.19. The average Bonchev–Trinajstić information content (AvgIpc) is 2.57. The van der Waals surface area contributed by atoms with E-state index in [0.29, 0.717) is 28.5 Å². The standard InChI is InChI=1S/C17H16FN5O/c1-22(2)17-19-10-13(14-7-8-15(24)23(3)21-14)16(20-17)11-5-4-6-12(18)9-11/h4-10H,1-3H3. The summed E-state index contributed by atoms with van der Waals surface area (Å²) in [6, 6.07) is 9.22. The van der Waals surface area contributed by atoms with Gasteiger partial charge in [-0.2, -0.15) is 5.10 Å². The minimum atomic E-state index is -0.350. The minimum Gasteiger partial charge on any atom is -0.347 e. The third kappa shape index (κ3) is 3.01. The first kappa shape index (κ1) is 15.8. The molecule has 0 aliphatic rings. The molecule has 2 aromatic heterocycles. The fraction of sp³-hybridized carbons (Fsp3) is 0.176. The molecular weight excluding hydrogens is 309 g/mol. The van der Waals surface area contributed by atoms with E-state index in [0.717, 1.165) is 0 Å². The van der Waals surface area contributed by atoms with Crippen molar-refractivity contribution in [2.24, 2.45) is 7.05 Å². The lowest BCUT2D eigenvalue weighted by atomic mass is 10.0. The molecule has 0 saturated carbocycles. The van der Waals surface area contributed by atoms with Crippen LogP contribution in [0.4, 0.5) is 10.3 Å². The maximum atomic E-state index is 13.6. The maximum absolute atomic E-state index is 13.6. The monoisotopic (exact) mass is 325 g/mol. The summed E-state index contributed by atoms with van der Waals surface area (Å²) in [4.78, 5) is 22.2. The Morgan fingerprint density at radius 1 is 1.17 bits per heavy atom. The van der Waals surface area contributed by atoms with Gasteiger partial charge in [0, 0.05) is 44.5 Å². The summed E-state index contributed by atoms with van der Waals surface area (Å²) in [5.41, 5.74) is 2.13. The molecule has 0 radical (unpaired) electrons. The molecule has 0 unspecified atom stereocenters. The van der Waals surface area contributed by atoms with Gasteiger partial charge in [-0.3, -0.25) is 4.79 Å². The molecule has 0 bridgehead atoms. The molecule has 7 heteroatoms. The molecular formula is C17H16FN5O. The van der Waals surface area contributed by atoms with Crippen LogP contribution in [0, 0.1) is 5.82 Å². The molecule has 0 spiro atoms. The summed E-state index contributed by atoms with van der Waals surface area (Å²) in [5.74, 6) is 0.153. The van der Waals surface area contributed by atoms with Crippen LogP contribution in [0.3, 0.4) is 0 Å². The number of hydrogen-bond acceptors (Lipinski definition) is 5. The van der Waals surface area contributed by atoms with Gasteiger partial charge in [-0.25, -0.2) is 19.0 Å². The number of halogens is 1. The normalized spacial score (nSPS) is 10.7. The van der Waals surface area contributed by atoms with Crippen LogP contribution in [0.5, 0.6) is 0 Å². The minimum absolute atomic E-state index is 0.211. The SMILES string of the molecule is CN(C)c1ncc(-c2ccc(=O)n(C)n2)c(-c2cccc(F)c2)n1. The van der Waals surface area contributed by atoms with Gasteiger partial charge in [-0.1, -0.05) is 12.1 Å². The van der Waals surface area contributed by atoms with E-state index in [1.165, 1.54) is 22.9 Å². The summed E-state index contributed by atoms with van der Waals surface area (Å²) in [7, 11) is 5.23. The molecule has 6 nitrogen and oxygen atoms in total. The molecule has 0 atom stereocenters.